The summed E-state index contributed by atoms with van der Waals surface area (Å²) in [5.74, 6) is -1.06. The number of aliphatic hydroxyl groups is 1. The normalized spacial score (nSPS) is 24.0. The zero-order valence-corrected chi connectivity index (χ0v) is 10.7. The molecule has 1 rings (SSSR count). The van der Waals surface area contributed by atoms with Gasteiger partial charge in [-0.2, -0.15) is 13.2 Å². The Labute approximate surface area is 101 Å². The van der Waals surface area contributed by atoms with Crippen LogP contribution in [-0.4, -0.2) is 41.4 Å². The SMILES string of the molecule is CC(C)C(C)(O)CN1CCC(C(F)(F)F)CC1. The van der Waals surface area contributed by atoms with Crippen LogP contribution in [0.2, 0.25) is 0 Å². The maximum Gasteiger partial charge on any atom is 0.391 e. The van der Waals surface area contributed by atoms with Crippen molar-refractivity contribution >= 4 is 0 Å². The molecule has 1 fully saturated rings. The van der Waals surface area contributed by atoms with Gasteiger partial charge in [-0.15, -0.1) is 0 Å². The molecule has 2 nitrogen and oxygen atoms in total. The molecule has 17 heavy (non-hydrogen) atoms. The number of β-amino-alcohol motifs (C(OH)–C–C–N with tert-alkyl or cyclic N) is 1. The quantitative estimate of drug-likeness (QED) is 0.836. The Kier molecular flexibility index (Phi) is 4.47. The summed E-state index contributed by atoms with van der Waals surface area (Å²) in [5.41, 5.74) is -0.828. The van der Waals surface area contributed by atoms with Gasteiger partial charge in [-0.3, -0.25) is 0 Å². The highest BCUT2D eigenvalue weighted by Crippen LogP contribution is 2.34. The topological polar surface area (TPSA) is 23.5 Å². The van der Waals surface area contributed by atoms with Crippen molar-refractivity contribution in [1.82, 2.24) is 4.90 Å². The van der Waals surface area contributed by atoms with Gasteiger partial charge < -0.3 is 10.0 Å². The van der Waals surface area contributed by atoms with Gasteiger partial charge in [0.15, 0.2) is 0 Å². The van der Waals surface area contributed by atoms with Gasteiger partial charge in [0, 0.05) is 6.54 Å². The number of likely N-dealkylation sites (tertiary alicyclic amines) is 1. The van der Waals surface area contributed by atoms with E-state index in [1.54, 1.807) is 6.92 Å². The third kappa shape index (κ3) is 4.14. The Morgan fingerprint density at radius 2 is 1.71 bits per heavy atom. The van der Waals surface area contributed by atoms with Crippen LogP contribution in [0.1, 0.15) is 33.6 Å². The average Bonchev–Trinajstić information content (AvgIpc) is 2.16. The van der Waals surface area contributed by atoms with Crippen molar-refractivity contribution in [2.75, 3.05) is 19.6 Å². The van der Waals surface area contributed by atoms with Gasteiger partial charge in [-0.25, -0.2) is 0 Å². The third-order valence-corrected chi connectivity index (χ3v) is 3.84. The minimum atomic E-state index is -4.06. The summed E-state index contributed by atoms with van der Waals surface area (Å²) in [7, 11) is 0. The highest BCUT2D eigenvalue weighted by molar-refractivity contribution is 4.84. The van der Waals surface area contributed by atoms with Gasteiger partial charge in [-0.1, -0.05) is 13.8 Å². The molecule has 0 aromatic rings. The van der Waals surface area contributed by atoms with Crippen LogP contribution in [-0.2, 0) is 0 Å². The first-order chi connectivity index (χ1) is 7.63. The van der Waals surface area contributed by atoms with E-state index in [0.717, 1.165) is 0 Å². The molecular weight excluding hydrogens is 231 g/mol. The van der Waals surface area contributed by atoms with Crippen molar-refractivity contribution in [2.45, 2.75) is 45.4 Å². The first kappa shape index (κ1) is 14.8. The van der Waals surface area contributed by atoms with E-state index in [0.29, 0.717) is 19.6 Å². The fraction of sp³-hybridized carbons (Fsp3) is 1.00. The highest BCUT2D eigenvalue weighted by Gasteiger charge is 2.41. The summed E-state index contributed by atoms with van der Waals surface area (Å²) in [6, 6.07) is 0. The predicted octanol–water partition coefficient (Wildman–Crippen LogP) is 2.67. The van der Waals surface area contributed by atoms with E-state index in [2.05, 4.69) is 0 Å². The van der Waals surface area contributed by atoms with Crippen LogP contribution in [0.25, 0.3) is 0 Å². The second-order valence-corrected chi connectivity index (χ2v) is 5.60. The average molecular weight is 253 g/mol. The van der Waals surface area contributed by atoms with E-state index in [4.69, 9.17) is 0 Å². The van der Waals surface area contributed by atoms with E-state index in [1.165, 1.54) is 0 Å². The van der Waals surface area contributed by atoms with Crippen LogP contribution >= 0.6 is 0 Å². The van der Waals surface area contributed by atoms with Crippen LogP contribution < -0.4 is 0 Å². The molecule has 1 aliphatic heterocycles. The summed E-state index contributed by atoms with van der Waals surface area (Å²) in [6.45, 7) is 6.88. The summed E-state index contributed by atoms with van der Waals surface area (Å²) in [6.07, 6.45) is -3.76. The highest BCUT2D eigenvalue weighted by atomic mass is 19.4. The number of halogens is 3. The molecule has 0 aromatic heterocycles. The molecule has 102 valence electrons. The van der Waals surface area contributed by atoms with Crippen molar-refractivity contribution in [3.05, 3.63) is 0 Å². The lowest BCUT2D eigenvalue weighted by Gasteiger charge is -2.38. The third-order valence-electron chi connectivity index (χ3n) is 3.84. The first-order valence-corrected chi connectivity index (χ1v) is 6.14. The van der Waals surface area contributed by atoms with Gasteiger partial charge in [0.2, 0.25) is 0 Å². The Hall–Kier alpha value is -0.290. The Bertz CT molecular complexity index is 243. The standard InChI is InChI=1S/C12H22F3NO/c1-9(2)11(3,17)8-16-6-4-10(5-7-16)12(13,14)15/h9-10,17H,4-8H2,1-3H3. The molecule has 1 unspecified atom stereocenters. The van der Waals surface area contributed by atoms with Gasteiger partial charge >= 0.3 is 6.18 Å². The lowest BCUT2D eigenvalue weighted by atomic mass is 9.90. The molecule has 1 heterocycles. The molecule has 0 bridgehead atoms. The maximum atomic E-state index is 12.5. The second-order valence-electron chi connectivity index (χ2n) is 5.60. The zero-order valence-electron chi connectivity index (χ0n) is 10.7. The van der Waals surface area contributed by atoms with Crippen LogP contribution in [0.3, 0.4) is 0 Å². The molecule has 0 saturated carbocycles. The van der Waals surface area contributed by atoms with Crippen molar-refractivity contribution < 1.29 is 18.3 Å². The summed E-state index contributed by atoms with van der Waals surface area (Å²) < 4.78 is 37.4. The molecule has 1 atom stereocenters. The maximum absolute atomic E-state index is 12.5. The molecule has 0 amide bonds. The fourth-order valence-electron chi connectivity index (χ4n) is 2.05. The van der Waals surface area contributed by atoms with Gasteiger partial charge in [-0.05, 0) is 38.8 Å². The van der Waals surface area contributed by atoms with E-state index < -0.39 is 17.7 Å². The molecular formula is C12H22F3NO. The molecule has 1 saturated heterocycles. The summed E-state index contributed by atoms with van der Waals surface area (Å²) >= 11 is 0. The Balaban J connectivity index is 2.43. The molecule has 0 aromatic carbocycles. The molecule has 1 aliphatic rings. The van der Waals surface area contributed by atoms with Crippen LogP contribution in [0.4, 0.5) is 13.2 Å². The fourth-order valence-corrected chi connectivity index (χ4v) is 2.05. The number of piperidine rings is 1. The van der Waals surface area contributed by atoms with Crippen molar-refractivity contribution in [2.24, 2.45) is 11.8 Å². The predicted molar refractivity (Wildman–Crippen MR) is 60.7 cm³/mol. The summed E-state index contributed by atoms with van der Waals surface area (Å²) in [5, 5.41) is 10.1. The van der Waals surface area contributed by atoms with Crippen LogP contribution in [0.15, 0.2) is 0 Å². The number of rotatable bonds is 3. The molecule has 1 N–H and O–H groups in total. The second kappa shape index (κ2) is 5.14. The monoisotopic (exact) mass is 253 g/mol. The number of hydrogen-bond acceptors (Lipinski definition) is 2. The zero-order chi connectivity index (χ0) is 13.3. The molecule has 0 radical (unpaired) electrons. The van der Waals surface area contributed by atoms with Gasteiger partial charge in [0.25, 0.3) is 0 Å². The van der Waals surface area contributed by atoms with E-state index in [1.807, 2.05) is 18.7 Å². The minimum Gasteiger partial charge on any atom is -0.389 e. The van der Waals surface area contributed by atoms with E-state index in [-0.39, 0.29) is 18.8 Å². The van der Waals surface area contributed by atoms with Crippen LogP contribution in [0, 0.1) is 11.8 Å². The number of alkyl halides is 3. The van der Waals surface area contributed by atoms with Gasteiger partial charge in [0.1, 0.15) is 0 Å². The lowest BCUT2D eigenvalue weighted by Crippen LogP contribution is -2.48. The summed E-state index contributed by atoms with van der Waals surface area (Å²) in [4.78, 5) is 1.93. The number of hydrogen-bond donors (Lipinski definition) is 1. The Morgan fingerprint density at radius 3 is 2.06 bits per heavy atom. The first-order valence-electron chi connectivity index (χ1n) is 6.14. The lowest BCUT2D eigenvalue weighted by molar-refractivity contribution is -0.186. The van der Waals surface area contributed by atoms with E-state index in [9.17, 15) is 18.3 Å². The Morgan fingerprint density at radius 1 is 1.24 bits per heavy atom. The largest absolute Gasteiger partial charge is 0.391 e. The van der Waals surface area contributed by atoms with Crippen molar-refractivity contribution in [3.8, 4) is 0 Å². The molecule has 0 aliphatic carbocycles. The van der Waals surface area contributed by atoms with Crippen molar-refractivity contribution in [3.63, 3.8) is 0 Å². The van der Waals surface area contributed by atoms with E-state index >= 15 is 0 Å². The molecule has 0 spiro atoms. The minimum absolute atomic E-state index is 0.0999. The van der Waals surface area contributed by atoms with Crippen molar-refractivity contribution in [1.29, 1.82) is 0 Å². The smallest absolute Gasteiger partial charge is 0.389 e. The number of nitrogens with zero attached hydrogens (tertiary/aromatic N) is 1. The molecule has 5 heteroatoms. The van der Waals surface area contributed by atoms with Gasteiger partial charge in [0.05, 0.1) is 11.5 Å². The van der Waals surface area contributed by atoms with Crippen LogP contribution in [0.5, 0.6) is 0 Å².